The van der Waals surface area contributed by atoms with Crippen LogP contribution in [0.3, 0.4) is 0 Å². The predicted molar refractivity (Wildman–Crippen MR) is 49.1 cm³/mol. The Hall–Kier alpha value is 0.246. The first-order valence-corrected chi connectivity index (χ1v) is 4.10. The molecule has 0 saturated heterocycles. The fraction of sp³-hybridized carbons (Fsp3) is 0.600. The Bertz CT molecular complexity index is 96.8. The third-order valence-electron chi connectivity index (χ3n) is 1.63. The van der Waals surface area contributed by atoms with Crippen LogP contribution in [0, 0.1) is 12.2 Å². The van der Waals surface area contributed by atoms with Crippen molar-refractivity contribution in [1.29, 1.82) is 0 Å². The second kappa shape index (κ2) is 8.34. The van der Waals surface area contributed by atoms with Gasteiger partial charge < -0.3 is 12.2 Å². The Labute approximate surface area is 85.9 Å². The molecule has 56 valence electrons. The van der Waals surface area contributed by atoms with E-state index in [0.29, 0.717) is 0 Å². The quantitative estimate of drug-likeness (QED) is 0.376. The van der Waals surface area contributed by atoms with E-state index < -0.39 is 0 Å². The van der Waals surface area contributed by atoms with Crippen molar-refractivity contribution in [3.63, 3.8) is 0 Å². The zero-order valence-corrected chi connectivity index (χ0v) is 8.52. The van der Waals surface area contributed by atoms with Gasteiger partial charge in [-0.25, -0.2) is 0 Å². The van der Waals surface area contributed by atoms with E-state index in [9.17, 15) is 0 Å². The molecule has 0 unspecified atom stereocenters. The summed E-state index contributed by atoms with van der Waals surface area (Å²) in [6.07, 6.45) is 18.0. The standard InChI is InChI=1S/2C5H7.Mg/c2*1-2-4-5-3-1;/h2*1H,2,4-5H2;/q2*-1;+2. The molecule has 0 spiro atoms. The van der Waals surface area contributed by atoms with E-state index in [1.807, 2.05) is 0 Å². The predicted octanol–water partition coefficient (Wildman–Crippen LogP) is 2.68. The molecule has 0 N–H and O–H groups in total. The van der Waals surface area contributed by atoms with E-state index in [0.717, 1.165) is 0 Å². The van der Waals surface area contributed by atoms with Gasteiger partial charge >= 0.3 is 23.1 Å². The molecule has 11 heavy (non-hydrogen) atoms. The van der Waals surface area contributed by atoms with Crippen LogP contribution in [0.1, 0.15) is 38.5 Å². The van der Waals surface area contributed by atoms with Crippen LogP contribution in [0.15, 0.2) is 12.2 Å². The summed E-state index contributed by atoms with van der Waals surface area (Å²) in [4.78, 5) is 0. The first kappa shape index (κ1) is 11.2. The minimum Gasteiger partial charge on any atom is -0.501 e. The van der Waals surface area contributed by atoms with E-state index in [2.05, 4.69) is 24.3 Å². The molecule has 0 amide bonds. The van der Waals surface area contributed by atoms with Gasteiger partial charge in [0.15, 0.2) is 0 Å². The third-order valence-corrected chi connectivity index (χ3v) is 1.63. The molecule has 0 fully saturated rings. The Kier molecular flexibility index (Phi) is 8.53. The van der Waals surface area contributed by atoms with Crippen LogP contribution >= 0.6 is 0 Å². The van der Waals surface area contributed by atoms with Crippen molar-refractivity contribution >= 4 is 23.1 Å². The average molecular weight is 159 g/mol. The fourth-order valence-electron chi connectivity index (χ4n) is 1.02. The zero-order chi connectivity index (χ0) is 7.07. The number of hydrogen-bond acceptors (Lipinski definition) is 0. The molecule has 0 aromatic rings. The zero-order valence-electron chi connectivity index (χ0n) is 7.10. The summed E-state index contributed by atoms with van der Waals surface area (Å²) >= 11 is 0. The number of hydrogen-bond donors (Lipinski definition) is 0. The summed E-state index contributed by atoms with van der Waals surface area (Å²) in [5.74, 6) is 0. The maximum absolute atomic E-state index is 3.10. The average Bonchev–Trinajstić information content (AvgIpc) is 2.67. The number of rotatable bonds is 0. The molecular formula is C10H14Mg. The van der Waals surface area contributed by atoms with Crippen molar-refractivity contribution in [1.82, 2.24) is 0 Å². The Morgan fingerprint density at radius 3 is 1.36 bits per heavy atom. The summed E-state index contributed by atoms with van der Waals surface area (Å²) in [5.41, 5.74) is 0. The van der Waals surface area contributed by atoms with Crippen LogP contribution in [0.2, 0.25) is 0 Å². The second-order valence-corrected chi connectivity index (χ2v) is 2.60. The molecule has 0 aliphatic heterocycles. The van der Waals surface area contributed by atoms with Crippen molar-refractivity contribution in [3.8, 4) is 0 Å². The van der Waals surface area contributed by atoms with Crippen LogP contribution in [0.4, 0.5) is 0 Å². The Balaban J connectivity index is 0.000000167. The van der Waals surface area contributed by atoms with Gasteiger partial charge in [0.05, 0.1) is 0 Å². The van der Waals surface area contributed by atoms with Crippen LogP contribution in [-0.2, 0) is 0 Å². The summed E-state index contributed by atoms with van der Waals surface area (Å²) in [7, 11) is 0. The Morgan fingerprint density at radius 2 is 1.27 bits per heavy atom. The van der Waals surface area contributed by atoms with Gasteiger partial charge in [-0.2, -0.15) is 12.8 Å². The van der Waals surface area contributed by atoms with Gasteiger partial charge in [-0.1, -0.05) is 25.7 Å². The minimum absolute atomic E-state index is 0. The SMILES string of the molecule is [C-]1=CCCC1.[C-]1=CCCC1.[Mg+2]. The minimum atomic E-state index is 0. The van der Waals surface area contributed by atoms with Crippen LogP contribution in [0.25, 0.3) is 0 Å². The fourth-order valence-corrected chi connectivity index (χ4v) is 1.02. The van der Waals surface area contributed by atoms with E-state index >= 15 is 0 Å². The van der Waals surface area contributed by atoms with Crippen molar-refractivity contribution < 1.29 is 0 Å². The summed E-state index contributed by atoms with van der Waals surface area (Å²) < 4.78 is 0. The normalized spacial score (nSPS) is 18.9. The molecule has 2 aliphatic rings. The summed E-state index contributed by atoms with van der Waals surface area (Å²) in [6.45, 7) is 0. The molecule has 0 aromatic heterocycles. The molecule has 0 nitrogen and oxygen atoms in total. The van der Waals surface area contributed by atoms with Crippen molar-refractivity contribution in [3.05, 3.63) is 24.3 Å². The monoisotopic (exact) mass is 158 g/mol. The van der Waals surface area contributed by atoms with E-state index in [4.69, 9.17) is 0 Å². The van der Waals surface area contributed by atoms with Crippen LogP contribution < -0.4 is 0 Å². The molecule has 1 heteroatoms. The summed E-state index contributed by atoms with van der Waals surface area (Å²) in [5, 5.41) is 0. The van der Waals surface area contributed by atoms with Gasteiger partial charge in [0.2, 0.25) is 0 Å². The van der Waals surface area contributed by atoms with Gasteiger partial charge in [-0.15, -0.1) is 0 Å². The third kappa shape index (κ3) is 6.64. The maximum atomic E-state index is 3.10. The van der Waals surface area contributed by atoms with Crippen molar-refractivity contribution in [2.24, 2.45) is 0 Å². The molecule has 2 aliphatic carbocycles. The van der Waals surface area contributed by atoms with Gasteiger partial charge in [-0.05, 0) is 0 Å². The van der Waals surface area contributed by atoms with Crippen molar-refractivity contribution in [2.45, 2.75) is 38.5 Å². The second-order valence-electron chi connectivity index (χ2n) is 2.60. The first-order chi connectivity index (χ1) is 5.00. The molecule has 0 radical (unpaired) electrons. The molecule has 0 bridgehead atoms. The topological polar surface area (TPSA) is 0 Å². The first-order valence-electron chi connectivity index (χ1n) is 4.10. The molecular weight excluding hydrogens is 144 g/mol. The molecule has 0 heterocycles. The maximum Gasteiger partial charge on any atom is 2.00 e. The number of allylic oxidation sites excluding steroid dienone is 4. The van der Waals surface area contributed by atoms with Gasteiger partial charge in [-0.3, -0.25) is 12.2 Å². The Morgan fingerprint density at radius 1 is 0.818 bits per heavy atom. The van der Waals surface area contributed by atoms with Gasteiger partial charge in [0, 0.05) is 0 Å². The summed E-state index contributed by atoms with van der Waals surface area (Å²) in [6, 6.07) is 0. The smallest absolute Gasteiger partial charge is 0.501 e. The molecule has 0 aromatic carbocycles. The molecule has 0 saturated carbocycles. The van der Waals surface area contributed by atoms with Gasteiger partial charge in [0.1, 0.15) is 0 Å². The molecule has 0 atom stereocenters. The van der Waals surface area contributed by atoms with E-state index in [1.54, 1.807) is 0 Å². The van der Waals surface area contributed by atoms with E-state index in [-0.39, 0.29) is 23.1 Å². The van der Waals surface area contributed by atoms with E-state index in [1.165, 1.54) is 38.5 Å². The van der Waals surface area contributed by atoms with Crippen LogP contribution in [-0.4, -0.2) is 23.1 Å². The van der Waals surface area contributed by atoms with Gasteiger partial charge in [0.25, 0.3) is 0 Å². The van der Waals surface area contributed by atoms with Crippen molar-refractivity contribution in [2.75, 3.05) is 0 Å². The van der Waals surface area contributed by atoms with Crippen LogP contribution in [0.5, 0.6) is 0 Å². The molecule has 2 rings (SSSR count). The largest absolute Gasteiger partial charge is 2.00 e.